The quantitative estimate of drug-likeness (QED) is 0.442. The van der Waals surface area contributed by atoms with Gasteiger partial charge in [0.25, 0.3) is 5.91 Å². The van der Waals surface area contributed by atoms with Gasteiger partial charge in [-0.15, -0.1) is 0 Å². The van der Waals surface area contributed by atoms with E-state index in [9.17, 15) is 9.59 Å². The largest absolute Gasteiger partial charge is 0.497 e. The van der Waals surface area contributed by atoms with E-state index in [-0.39, 0.29) is 12.5 Å². The Morgan fingerprint density at radius 1 is 1.32 bits per heavy atom. The van der Waals surface area contributed by atoms with Gasteiger partial charge in [-0.05, 0) is 43.7 Å². The van der Waals surface area contributed by atoms with E-state index in [0.717, 1.165) is 11.3 Å². The van der Waals surface area contributed by atoms with E-state index < -0.39 is 12.1 Å². The van der Waals surface area contributed by atoms with Crippen molar-refractivity contribution in [1.29, 1.82) is 0 Å². The minimum atomic E-state index is -0.860. The number of hydrogen-bond acceptors (Lipinski definition) is 6. The molecule has 0 spiro atoms. The Hall–Kier alpha value is -2.57. The number of likely N-dealkylation sites (N-methyl/N-ethyl adjacent to an activating group) is 1. The first-order chi connectivity index (χ1) is 10.6. The third kappa shape index (κ3) is 6.25. The van der Waals surface area contributed by atoms with Crippen LogP contribution in [0.25, 0.3) is 0 Å². The SMILES string of the molecule is CCNC(=O)[C@H](C)OC(=O)CO/N=C\c1ccc(OC)cc1. The molecule has 1 aromatic carbocycles. The van der Waals surface area contributed by atoms with Gasteiger partial charge in [-0.1, -0.05) is 5.16 Å². The number of hydrogen-bond donors (Lipinski definition) is 1. The Morgan fingerprint density at radius 2 is 2.00 bits per heavy atom. The summed E-state index contributed by atoms with van der Waals surface area (Å²) < 4.78 is 9.91. The molecule has 1 rings (SSSR count). The molecule has 0 bridgehead atoms. The fourth-order valence-electron chi connectivity index (χ4n) is 1.48. The van der Waals surface area contributed by atoms with Gasteiger partial charge in [-0.25, -0.2) is 4.79 Å². The molecule has 0 aliphatic rings. The number of rotatable bonds is 8. The average Bonchev–Trinajstić information content (AvgIpc) is 2.52. The zero-order valence-corrected chi connectivity index (χ0v) is 12.9. The van der Waals surface area contributed by atoms with Crippen LogP contribution in [0.3, 0.4) is 0 Å². The summed E-state index contributed by atoms with van der Waals surface area (Å²) in [5, 5.41) is 6.21. The van der Waals surface area contributed by atoms with Gasteiger partial charge in [-0.3, -0.25) is 4.79 Å². The van der Waals surface area contributed by atoms with Crippen LogP contribution in [0.2, 0.25) is 0 Å². The van der Waals surface area contributed by atoms with Crippen LogP contribution in [0, 0.1) is 0 Å². The van der Waals surface area contributed by atoms with Crippen molar-refractivity contribution in [3.05, 3.63) is 29.8 Å². The highest BCUT2D eigenvalue weighted by Gasteiger charge is 2.16. The normalized spacial score (nSPS) is 11.8. The van der Waals surface area contributed by atoms with Crippen molar-refractivity contribution >= 4 is 18.1 Å². The van der Waals surface area contributed by atoms with Crippen LogP contribution in [-0.4, -0.2) is 44.5 Å². The molecule has 1 atom stereocenters. The first-order valence-corrected chi connectivity index (χ1v) is 6.83. The minimum Gasteiger partial charge on any atom is -0.497 e. The molecular weight excluding hydrogens is 288 g/mol. The molecule has 0 aliphatic carbocycles. The summed E-state index contributed by atoms with van der Waals surface area (Å²) in [5.74, 6) is -0.274. The van der Waals surface area contributed by atoms with E-state index in [0.29, 0.717) is 6.54 Å². The van der Waals surface area contributed by atoms with Crippen LogP contribution in [0.5, 0.6) is 5.75 Å². The van der Waals surface area contributed by atoms with Crippen molar-refractivity contribution in [3.8, 4) is 5.75 Å². The van der Waals surface area contributed by atoms with Gasteiger partial charge < -0.3 is 19.6 Å². The Balaban J connectivity index is 2.31. The van der Waals surface area contributed by atoms with Crippen LogP contribution in [0.1, 0.15) is 19.4 Å². The molecule has 120 valence electrons. The monoisotopic (exact) mass is 308 g/mol. The molecule has 7 heteroatoms. The number of oxime groups is 1. The summed E-state index contributed by atoms with van der Waals surface area (Å²) >= 11 is 0. The zero-order chi connectivity index (χ0) is 16.4. The fraction of sp³-hybridized carbons (Fsp3) is 0.400. The summed E-state index contributed by atoms with van der Waals surface area (Å²) in [6.07, 6.45) is 0.599. The van der Waals surface area contributed by atoms with E-state index in [1.807, 2.05) is 0 Å². The van der Waals surface area contributed by atoms with E-state index in [1.165, 1.54) is 13.1 Å². The molecule has 0 saturated heterocycles. The standard InChI is InChI=1S/C15H20N2O5/c1-4-16-15(19)11(2)22-14(18)10-21-17-9-12-5-7-13(20-3)8-6-12/h5-9,11H,4,10H2,1-3H3,(H,16,19)/b17-9-/t11-/m0/s1. The molecule has 0 saturated carbocycles. The lowest BCUT2D eigenvalue weighted by Gasteiger charge is -2.11. The number of carbonyl (C=O) groups is 2. The molecule has 22 heavy (non-hydrogen) atoms. The lowest BCUT2D eigenvalue weighted by Crippen LogP contribution is -2.36. The summed E-state index contributed by atoms with van der Waals surface area (Å²) in [5.41, 5.74) is 0.796. The maximum absolute atomic E-state index is 11.4. The van der Waals surface area contributed by atoms with Crippen LogP contribution < -0.4 is 10.1 Å². The van der Waals surface area contributed by atoms with Gasteiger partial charge in [0.1, 0.15) is 5.75 Å². The second-order valence-corrected chi connectivity index (χ2v) is 4.31. The molecule has 0 aliphatic heterocycles. The number of benzene rings is 1. The van der Waals surface area contributed by atoms with Crippen molar-refractivity contribution in [2.24, 2.45) is 5.16 Å². The highest BCUT2D eigenvalue weighted by Crippen LogP contribution is 2.09. The topological polar surface area (TPSA) is 86.2 Å². The van der Waals surface area contributed by atoms with Gasteiger partial charge >= 0.3 is 5.97 Å². The van der Waals surface area contributed by atoms with Crippen LogP contribution in [0.4, 0.5) is 0 Å². The lowest BCUT2D eigenvalue weighted by atomic mass is 10.2. The Morgan fingerprint density at radius 3 is 2.59 bits per heavy atom. The number of nitrogens with one attached hydrogen (secondary N) is 1. The number of methoxy groups -OCH3 is 1. The van der Waals surface area contributed by atoms with E-state index in [4.69, 9.17) is 14.3 Å². The van der Waals surface area contributed by atoms with Gasteiger partial charge in [0, 0.05) is 6.54 Å². The number of nitrogens with zero attached hydrogens (tertiary/aromatic N) is 1. The third-order valence-electron chi connectivity index (χ3n) is 2.60. The predicted molar refractivity (Wildman–Crippen MR) is 80.8 cm³/mol. The highest BCUT2D eigenvalue weighted by atomic mass is 16.7. The zero-order valence-electron chi connectivity index (χ0n) is 12.9. The van der Waals surface area contributed by atoms with E-state index in [1.54, 1.807) is 38.3 Å². The predicted octanol–water partition coefficient (Wildman–Crippen LogP) is 1.11. The summed E-state index contributed by atoms with van der Waals surface area (Å²) in [4.78, 5) is 27.6. The van der Waals surface area contributed by atoms with Gasteiger partial charge in [0.2, 0.25) is 6.61 Å². The van der Waals surface area contributed by atoms with Crippen molar-refractivity contribution in [1.82, 2.24) is 5.32 Å². The molecule has 0 aromatic heterocycles. The van der Waals surface area contributed by atoms with Gasteiger partial charge in [0.05, 0.1) is 13.3 Å². The maximum Gasteiger partial charge on any atom is 0.347 e. The van der Waals surface area contributed by atoms with Gasteiger partial charge in [0.15, 0.2) is 6.10 Å². The first-order valence-electron chi connectivity index (χ1n) is 6.83. The summed E-state index contributed by atoms with van der Waals surface area (Å²) in [6, 6.07) is 7.15. The second kappa shape index (κ2) is 9.38. The van der Waals surface area contributed by atoms with Crippen molar-refractivity contribution in [2.75, 3.05) is 20.3 Å². The summed E-state index contributed by atoms with van der Waals surface area (Å²) in [7, 11) is 1.58. The first kappa shape index (κ1) is 17.5. The van der Waals surface area contributed by atoms with Crippen molar-refractivity contribution in [3.63, 3.8) is 0 Å². The van der Waals surface area contributed by atoms with Crippen LogP contribution >= 0.6 is 0 Å². The molecule has 0 heterocycles. The van der Waals surface area contributed by atoms with Crippen molar-refractivity contribution < 1.29 is 23.9 Å². The summed E-state index contributed by atoms with van der Waals surface area (Å²) in [6.45, 7) is 3.38. The Labute approximate surface area is 129 Å². The molecule has 0 unspecified atom stereocenters. The van der Waals surface area contributed by atoms with Crippen molar-refractivity contribution in [2.45, 2.75) is 20.0 Å². The number of esters is 1. The Kier molecular flexibility index (Phi) is 7.45. The molecule has 1 amide bonds. The second-order valence-electron chi connectivity index (χ2n) is 4.31. The molecular formula is C15H20N2O5. The lowest BCUT2D eigenvalue weighted by molar-refractivity contribution is -0.158. The van der Waals surface area contributed by atoms with Crippen LogP contribution in [-0.2, 0) is 19.2 Å². The smallest absolute Gasteiger partial charge is 0.347 e. The number of carbonyl (C=O) groups excluding carboxylic acids is 2. The molecule has 1 aromatic rings. The Bertz CT molecular complexity index is 513. The molecule has 1 N–H and O–H groups in total. The van der Waals surface area contributed by atoms with Gasteiger partial charge in [-0.2, -0.15) is 0 Å². The van der Waals surface area contributed by atoms with Crippen LogP contribution in [0.15, 0.2) is 29.4 Å². The number of ether oxygens (including phenoxy) is 2. The van der Waals surface area contributed by atoms with E-state index >= 15 is 0 Å². The molecule has 0 fully saturated rings. The molecule has 0 radical (unpaired) electrons. The average molecular weight is 308 g/mol. The molecule has 7 nitrogen and oxygen atoms in total. The highest BCUT2D eigenvalue weighted by molar-refractivity contribution is 5.83. The maximum atomic E-state index is 11.4. The fourth-order valence-corrected chi connectivity index (χ4v) is 1.48. The van der Waals surface area contributed by atoms with E-state index in [2.05, 4.69) is 10.5 Å². The number of amides is 1. The third-order valence-corrected chi connectivity index (χ3v) is 2.60. The minimum absolute atomic E-state index is 0.349.